The Labute approximate surface area is 73.9 Å². The summed E-state index contributed by atoms with van der Waals surface area (Å²) in [6, 6.07) is 2.81. The number of carboxylic acids is 1. The molecule has 70 valence electrons. The summed E-state index contributed by atoms with van der Waals surface area (Å²) in [7, 11) is 1.47. The van der Waals surface area contributed by atoms with E-state index >= 15 is 0 Å². The fraction of sp³-hybridized carbons (Fsp3) is 0.250. The minimum atomic E-state index is -1.53. The number of aliphatic carboxylic acids is 1. The number of ether oxygens (including phenoxy) is 1. The van der Waals surface area contributed by atoms with Gasteiger partial charge in [0.05, 0.1) is 0 Å². The van der Waals surface area contributed by atoms with Gasteiger partial charge in [-0.3, -0.25) is 4.79 Å². The van der Waals surface area contributed by atoms with Crippen LogP contribution in [0, 0.1) is 0 Å². The van der Waals surface area contributed by atoms with E-state index in [1.807, 2.05) is 0 Å². The highest BCUT2D eigenvalue weighted by molar-refractivity contribution is 6.38. The molecule has 1 N–H and O–H groups in total. The number of hydrogen-bond donors (Lipinski definition) is 1. The Morgan fingerprint density at radius 1 is 1.54 bits per heavy atom. The average Bonchev–Trinajstić information content (AvgIpc) is 2.52. The predicted octanol–water partition coefficient (Wildman–Crippen LogP) is 0.693. The summed E-state index contributed by atoms with van der Waals surface area (Å²) in [4.78, 5) is 21.1. The van der Waals surface area contributed by atoms with Gasteiger partial charge in [0.2, 0.25) is 0 Å². The Bertz CT molecular complexity index is 325. The highest BCUT2D eigenvalue weighted by Crippen LogP contribution is 2.09. The summed E-state index contributed by atoms with van der Waals surface area (Å²) in [5.41, 5.74) is 0. The van der Waals surface area contributed by atoms with Gasteiger partial charge in [0.1, 0.15) is 12.4 Å². The lowest BCUT2D eigenvalue weighted by atomic mass is 10.3. The van der Waals surface area contributed by atoms with E-state index in [4.69, 9.17) is 14.3 Å². The zero-order valence-corrected chi connectivity index (χ0v) is 6.94. The summed E-state index contributed by atoms with van der Waals surface area (Å²) >= 11 is 0. The normalized spacial score (nSPS) is 9.92. The highest BCUT2D eigenvalue weighted by atomic mass is 16.5. The van der Waals surface area contributed by atoms with Crippen molar-refractivity contribution >= 4 is 11.8 Å². The lowest BCUT2D eigenvalue weighted by Gasteiger charge is -1.92. The van der Waals surface area contributed by atoms with Crippen LogP contribution < -0.4 is 0 Å². The Hall–Kier alpha value is -1.62. The SMILES string of the molecule is COCc1ccc(C(=O)C(=O)O)o1. The third-order valence-electron chi connectivity index (χ3n) is 1.37. The van der Waals surface area contributed by atoms with Crippen molar-refractivity contribution in [1.82, 2.24) is 0 Å². The molecule has 0 fully saturated rings. The van der Waals surface area contributed by atoms with Crippen molar-refractivity contribution in [3.8, 4) is 0 Å². The molecule has 0 aliphatic rings. The van der Waals surface area contributed by atoms with Crippen LogP contribution in [0.3, 0.4) is 0 Å². The predicted molar refractivity (Wildman–Crippen MR) is 41.4 cm³/mol. The summed E-state index contributed by atoms with van der Waals surface area (Å²) in [6.45, 7) is 0.215. The minimum Gasteiger partial charge on any atom is -0.475 e. The molecule has 0 unspecified atom stereocenters. The van der Waals surface area contributed by atoms with Crippen molar-refractivity contribution in [2.45, 2.75) is 6.61 Å². The van der Waals surface area contributed by atoms with Crippen LogP contribution in [0.5, 0.6) is 0 Å². The zero-order valence-electron chi connectivity index (χ0n) is 6.94. The third-order valence-corrected chi connectivity index (χ3v) is 1.37. The first-order chi connectivity index (χ1) is 6.15. The van der Waals surface area contributed by atoms with E-state index in [0.717, 1.165) is 0 Å². The van der Waals surface area contributed by atoms with E-state index in [-0.39, 0.29) is 12.4 Å². The van der Waals surface area contributed by atoms with E-state index in [0.29, 0.717) is 5.76 Å². The Balaban J connectivity index is 2.79. The van der Waals surface area contributed by atoms with Crippen molar-refractivity contribution in [2.24, 2.45) is 0 Å². The number of methoxy groups -OCH3 is 1. The fourth-order valence-corrected chi connectivity index (χ4v) is 0.825. The molecule has 0 atom stereocenters. The molecule has 13 heavy (non-hydrogen) atoms. The van der Waals surface area contributed by atoms with E-state index in [2.05, 4.69) is 0 Å². The molecule has 1 aromatic heterocycles. The number of furan rings is 1. The van der Waals surface area contributed by atoms with Crippen LogP contribution in [0.25, 0.3) is 0 Å². The maximum Gasteiger partial charge on any atom is 0.380 e. The van der Waals surface area contributed by atoms with Crippen LogP contribution in [0.4, 0.5) is 0 Å². The molecule has 0 bridgehead atoms. The van der Waals surface area contributed by atoms with Crippen LogP contribution in [0.2, 0.25) is 0 Å². The zero-order chi connectivity index (χ0) is 9.84. The quantitative estimate of drug-likeness (QED) is 0.550. The number of carbonyl (C=O) groups is 2. The first kappa shape index (κ1) is 9.47. The number of ketones is 1. The van der Waals surface area contributed by atoms with Gasteiger partial charge in [-0.15, -0.1) is 0 Å². The molecule has 1 aromatic rings. The molecule has 1 rings (SSSR count). The van der Waals surface area contributed by atoms with Gasteiger partial charge in [0.25, 0.3) is 0 Å². The molecule has 0 spiro atoms. The average molecular weight is 184 g/mol. The molecule has 0 aliphatic carbocycles. The molecule has 0 amide bonds. The van der Waals surface area contributed by atoms with Crippen LogP contribution in [0.1, 0.15) is 16.3 Å². The Morgan fingerprint density at radius 2 is 2.23 bits per heavy atom. The van der Waals surface area contributed by atoms with Gasteiger partial charge in [-0.1, -0.05) is 0 Å². The first-order valence-corrected chi connectivity index (χ1v) is 3.50. The second kappa shape index (κ2) is 3.86. The Morgan fingerprint density at radius 3 is 2.77 bits per heavy atom. The maximum absolute atomic E-state index is 10.8. The van der Waals surface area contributed by atoms with Crippen molar-refractivity contribution in [2.75, 3.05) is 7.11 Å². The van der Waals surface area contributed by atoms with Gasteiger partial charge >= 0.3 is 11.8 Å². The van der Waals surface area contributed by atoms with E-state index < -0.39 is 11.8 Å². The topological polar surface area (TPSA) is 76.7 Å². The maximum atomic E-state index is 10.8. The van der Waals surface area contributed by atoms with E-state index in [1.54, 1.807) is 0 Å². The first-order valence-electron chi connectivity index (χ1n) is 3.50. The molecule has 0 saturated carbocycles. The molecule has 0 aromatic carbocycles. The molecular weight excluding hydrogens is 176 g/mol. The second-order valence-electron chi connectivity index (χ2n) is 2.33. The fourth-order valence-electron chi connectivity index (χ4n) is 0.825. The van der Waals surface area contributed by atoms with Gasteiger partial charge in [-0.25, -0.2) is 4.79 Å². The third kappa shape index (κ3) is 2.16. The Kier molecular flexibility index (Phi) is 2.81. The van der Waals surface area contributed by atoms with Gasteiger partial charge in [-0.2, -0.15) is 0 Å². The number of carboxylic acid groups (broad SMARTS) is 1. The smallest absolute Gasteiger partial charge is 0.380 e. The standard InChI is InChI=1S/C8H8O5/c1-12-4-5-2-3-6(13-5)7(9)8(10)11/h2-3H,4H2,1H3,(H,10,11). The molecule has 0 saturated heterocycles. The van der Waals surface area contributed by atoms with Crippen LogP contribution in [-0.2, 0) is 16.1 Å². The second-order valence-corrected chi connectivity index (χ2v) is 2.33. The van der Waals surface area contributed by atoms with Crippen LogP contribution >= 0.6 is 0 Å². The largest absolute Gasteiger partial charge is 0.475 e. The molecule has 1 heterocycles. The molecule has 5 heteroatoms. The lowest BCUT2D eigenvalue weighted by molar-refractivity contribution is -0.131. The van der Waals surface area contributed by atoms with Gasteiger partial charge in [-0.05, 0) is 12.1 Å². The van der Waals surface area contributed by atoms with Crippen LogP contribution in [0.15, 0.2) is 16.5 Å². The van der Waals surface area contributed by atoms with Gasteiger partial charge in [0, 0.05) is 7.11 Å². The van der Waals surface area contributed by atoms with E-state index in [9.17, 15) is 9.59 Å². The summed E-state index contributed by atoms with van der Waals surface area (Å²) < 4.78 is 9.62. The highest BCUT2D eigenvalue weighted by Gasteiger charge is 2.18. The van der Waals surface area contributed by atoms with Crippen molar-refractivity contribution in [3.05, 3.63) is 23.7 Å². The van der Waals surface area contributed by atoms with Crippen molar-refractivity contribution in [1.29, 1.82) is 0 Å². The molecule has 0 radical (unpaired) electrons. The number of carbonyl (C=O) groups excluding carboxylic acids is 1. The number of Topliss-reactive ketones (excluding diaryl/α,β-unsaturated/α-hetero) is 1. The van der Waals surface area contributed by atoms with E-state index in [1.165, 1.54) is 19.2 Å². The monoisotopic (exact) mass is 184 g/mol. The summed E-state index contributed by atoms with van der Waals surface area (Å²) in [5.74, 6) is -2.34. The lowest BCUT2D eigenvalue weighted by Crippen LogP contribution is -2.11. The summed E-state index contributed by atoms with van der Waals surface area (Å²) in [6.07, 6.45) is 0. The number of hydrogen-bond acceptors (Lipinski definition) is 4. The van der Waals surface area contributed by atoms with Gasteiger partial charge in [0.15, 0.2) is 5.76 Å². The van der Waals surface area contributed by atoms with Crippen LogP contribution in [-0.4, -0.2) is 24.0 Å². The van der Waals surface area contributed by atoms with Gasteiger partial charge < -0.3 is 14.3 Å². The molecule has 0 aliphatic heterocycles. The van der Waals surface area contributed by atoms with Crippen molar-refractivity contribution < 1.29 is 23.8 Å². The number of rotatable bonds is 4. The molecule has 5 nitrogen and oxygen atoms in total. The summed E-state index contributed by atoms with van der Waals surface area (Å²) in [5, 5.41) is 8.33. The molecular formula is C8H8O5. The van der Waals surface area contributed by atoms with Crippen molar-refractivity contribution in [3.63, 3.8) is 0 Å². The minimum absolute atomic E-state index is 0.181.